The second kappa shape index (κ2) is 8.19. The molecule has 0 aliphatic heterocycles. The van der Waals surface area contributed by atoms with E-state index in [9.17, 15) is 13.2 Å². The van der Waals surface area contributed by atoms with Gasteiger partial charge >= 0.3 is 6.18 Å². The molecular formula is C14H19F3N2OS. The predicted molar refractivity (Wildman–Crippen MR) is 80.6 cm³/mol. The number of hydrogen-bond acceptors (Lipinski definition) is 3. The van der Waals surface area contributed by atoms with E-state index < -0.39 is 12.6 Å². The van der Waals surface area contributed by atoms with Gasteiger partial charge in [-0.2, -0.15) is 13.2 Å². The van der Waals surface area contributed by atoms with Crippen LogP contribution in [0.3, 0.4) is 0 Å². The Morgan fingerprint density at radius 3 is 2.67 bits per heavy atom. The maximum atomic E-state index is 12.1. The van der Waals surface area contributed by atoms with Gasteiger partial charge in [0.05, 0.1) is 13.0 Å². The molecule has 0 bridgehead atoms. The van der Waals surface area contributed by atoms with Crippen LogP contribution in [0.2, 0.25) is 0 Å². The Morgan fingerprint density at radius 2 is 2.05 bits per heavy atom. The van der Waals surface area contributed by atoms with E-state index in [2.05, 4.69) is 0 Å². The fourth-order valence-corrected chi connectivity index (χ4v) is 1.82. The minimum absolute atomic E-state index is 0.000426. The number of alkyl halides is 3. The largest absolute Gasteiger partial charge is 0.494 e. The topological polar surface area (TPSA) is 38.5 Å². The van der Waals surface area contributed by atoms with Gasteiger partial charge in [0.2, 0.25) is 0 Å². The zero-order chi connectivity index (χ0) is 15.9. The van der Waals surface area contributed by atoms with Gasteiger partial charge in [-0.1, -0.05) is 24.4 Å². The maximum absolute atomic E-state index is 12.1. The lowest BCUT2D eigenvalue weighted by Crippen LogP contribution is -2.26. The predicted octanol–water partition coefficient (Wildman–Crippen LogP) is 2.97. The van der Waals surface area contributed by atoms with Crippen LogP contribution in [-0.2, 0) is 0 Å². The summed E-state index contributed by atoms with van der Waals surface area (Å²) in [6.45, 7) is 0.975. The van der Waals surface area contributed by atoms with Crippen molar-refractivity contribution in [2.45, 2.75) is 19.0 Å². The Kier molecular flexibility index (Phi) is 6.91. The fraction of sp³-hybridized carbons (Fsp3) is 0.500. The van der Waals surface area contributed by atoms with Crippen molar-refractivity contribution in [1.29, 1.82) is 0 Å². The zero-order valence-corrected chi connectivity index (χ0v) is 12.6. The highest BCUT2D eigenvalue weighted by molar-refractivity contribution is 7.80. The second-order valence-corrected chi connectivity index (χ2v) is 5.20. The second-order valence-electron chi connectivity index (χ2n) is 4.76. The number of benzene rings is 1. The highest BCUT2D eigenvalue weighted by Crippen LogP contribution is 2.19. The molecule has 0 amide bonds. The maximum Gasteiger partial charge on any atom is 0.390 e. The van der Waals surface area contributed by atoms with E-state index in [-0.39, 0.29) is 6.54 Å². The summed E-state index contributed by atoms with van der Waals surface area (Å²) in [6, 6.07) is 7.12. The molecule has 1 rings (SSSR count). The Hall–Kier alpha value is -1.34. The average molecular weight is 320 g/mol. The Morgan fingerprint density at radius 1 is 1.33 bits per heavy atom. The first-order valence-corrected chi connectivity index (χ1v) is 6.97. The Balaban J connectivity index is 2.25. The lowest BCUT2D eigenvalue weighted by Gasteiger charge is -2.17. The SMILES string of the molecule is CN(CCCOc1cccc(C(N)=S)c1)CCC(F)(F)F. The molecule has 2 N–H and O–H groups in total. The summed E-state index contributed by atoms with van der Waals surface area (Å²) in [5, 5.41) is 0. The Bertz CT molecular complexity index is 466. The number of rotatable bonds is 8. The summed E-state index contributed by atoms with van der Waals surface area (Å²) in [4.78, 5) is 1.94. The molecule has 0 heterocycles. The van der Waals surface area contributed by atoms with Gasteiger partial charge in [0.1, 0.15) is 10.7 Å². The molecular weight excluding hydrogens is 301 g/mol. The van der Waals surface area contributed by atoms with Gasteiger partial charge < -0.3 is 15.4 Å². The molecule has 0 fully saturated rings. The number of nitrogens with zero attached hydrogens (tertiary/aromatic N) is 1. The fourth-order valence-electron chi connectivity index (χ4n) is 1.69. The van der Waals surface area contributed by atoms with Gasteiger partial charge in [-0.3, -0.25) is 0 Å². The molecule has 0 unspecified atom stereocenters. The van der Waals surface area contributed by atoms with Crippen LogP contribution in [0.5, 0.6) is 5.75 Å². The van der Waals surface area contributed by atoms with Crippen molar-refractivity contribution < 1.29 is 17.9 Å². The standard InChI is InChI=1S/C14H19F3N2OS/c1-19(8-6-14(15,16)17)7-3-9-20-12-5-2-4-11(10-12)13(18)21/h2,4-5,10H,3,6-9H2,1H3,(H2,18,21). The van der Waals surface area contributed by atoms with E-state index in [0.29, 0.717) is 30.3 Å². The lowest BCUT2D eigenvalue weighted by atomic mass is 10.2. The van der Waals surface area contributed by atoms with Crippen molar-refractivity contribution >= 4 is 17.2 Å². The van der Waals surface area contributed by atoms with E-state index >= 15 is 0 Å². The van der Waals surface area contributed by atoms with E-state index in [4.69, 9.17) is 22.7 Å². The van der Waals surface area contributed by atoms with Crippen LogP contribution >= 0.6 is 12.2 Å². The van der Waals surface area contributed by atoms with Crippen LogP contribution in [0.1, 0.15) is 18.4 Å². The third kappa shape index (κ3) is 7.87. The number of ether oxygens (including phenoxy) is 1. The summed E-state index contributed by atoms with van der Waals surface area (Å²) >= 11 is 4.87. The summed E-state index contributed by atoms with van der Waals surface area (Å²) < 4.78 is 41.7. The van der Waals surface area contributed by atoms with Gasteiger partial charge in [-0.15, -0.1) is 0 Å². The number of nitrogens with two attached hydrogens (primary N) is 1. The highest BCUT2D eigenvalue weighted by Gasteiger charge is 2.26. The summed E-state index contributed by atoms with van der Waals surface area (Å²) in [6.07, 6.45) is -4.25. The lowest BCUT2D eigenvalue weighted by molar-refractivity contribution is -0.137. The summed E-state index contributed by atoms with van der Waals surface area (Å²) in [5.41, 5.74) is 6.25. The van der Waals surface area contributed by atoms with Crippen molar-refractivity contribution in [3.8, 4) is 5.75 Å². The van der Waals surface area contributed by atoms with Gasteiger partial charge in [0, 0.05) is 18.7 Å². The van der Waals surface area contributed by atoms with Gasteiger partial charge in [-0.05, 0) is 25.6 Å². The monoisotopic (exact) mass is 320 g/mol. The van der Waals surface area contributed by atoms with Crippen molar-refractivity contribution in [2.75, 3.05) is 26.7 Å². The van der Waals surface area contributed by atoms with Gasteiger partial charge in [0.15, 0.2) is 0 Å². The van der Waals surface area contributed by atoms with E-state index in [1.165, 1.54) is 0 Å². The molecule has 0 atom stereocenters. The molecule has 7 heteroatoms. The molecule has 0 aliphatic carbocycles. The highest BCUT2D eigenvalue weighted by atomic mass is 32.1. The molecule has 0 saturated heterocycles. The van der Waals surface area contributed by atoms with E-state index in [0.717, 1.165) is 5.56 Å². The smallest absolute Gasteiger partial charge is 0.390 e. The van der Waals surface area contributed by atoms with Crippen LogP contribution in [0.15, 0.2) is 24.3 Å². The first-order valence-electron chi connectivity index (χ1n) is 6.56. The van der Waals surface area contributed by atoms with E-state index in [1.807, 2.05) is 0 Å². The van der Waals surface area contributed by atoms with Gasteiger partial charge in [-0.25, -0.2) is 0 Å². The quantitative estimate of drug-likeness (QED) is 0.590. The van der Waals surface area contributed by atoms with Crippen molar-refractivity contribution in [3.63, 3.8) is 0 Å². The molecule has 0 aromatic heterocycles. The summed E-state index contributed by atoms with van der Waals surface area (Å²) in [7, 11) is 1.67. The molecule has 3 nitrogen and oxygen atoms in total. The van der Waals surface area contributed by atoms with Crippen molar-refractivity contribution in [3.05, 3.63) is 29.8 Å². The minimum atomic E-state index is -4.11. The van der Waals surface area contributed by atoms with Crippen molar-refractivity contribution in [1.82, 2.24) is 4.90 Å². The van der Waals surface area contributed by atoms with Crippen LogP contribution in [0, 0.1) is 0 Å². The average Bonchev–Trinajstić information content (AvgIpc) is 2.41. The third-order valence-electron chi connectivity index (χ3n) is 2.85. The van der Waals surface area contributed by atoms with E-state index in [1.54, 1.807) is 36.2 Å². The van der Waals surface area contributed by atoms with Gasteiger partial charge in [0.25, 0.3) is 0 Å². The Labute approximate surface area is 127 Å². The first kappa shape index (κ1) is 17.7. The molecule has 21 heavy (non-hydrogen) atoms. The number of thiocarbonyl (C=S) groups is 1. The van der Waals surface area contributed by atoms with Crippen LogP contribution < -0.4 is 10.5 Å². The van der Waals surface area contributed by atoms with Crippen LogP contribution in [-0.4, -0.2) is 42.8 Å². The minimum Gasteiger partial charge on any atom is -0.494 e. The van der Waals surface area contributed by atoms with Crippen LogP contribution in [0.4, 0.5) is 13.2 Å². The molecule has 0 spiro atoms. The molecule has 118 valence electrons. The summed E-state index contributed by atoms with van der Waals surface area (Å²) in [5.74, 6) is 0.651. The molecule has 0 aliphatic rings. The normalized spacial score (nSPS) is 11.7. The first-order chi connectivity index (χ1) is 9.78. The number of hydrogen-bond donors (Lipinski definition) is 1. The third-order valence-corrected chi connectivity index (χ3v) is 3.08. The van der Waals surface area contributed by atoms with Crippen LogP contribution in [0.25, 0.3) is 0 Å². The molecule has 1 aromatic rings. The molecule has 1 aromatic carbocycles. The van der Waals surface area contributed by atoms with Crippen molar-refractivity contribution in [2.24, 2.45) is 5.73 Å². The molecule has 0 radical (unpaired) electrons. The molecule has 0 saturated carbocycles. The number of halogens is 3. The zero-order valence-electron chi connectivity index (χ0n) is 11.8.